The topological polar surface area (TPSA) is 61.4 Å². The summed E-state index contributed by atoms with van der Waals surface area (Å²) < 4.78 is 0. The van der Waals surface area contributed by atoms with Gasteiger partial charge in [0.05, 0.1) is 5.92 Å². The van der Waals surface area contributed by atoms with Crippen molar-refractivity contribution in [3.63, 3.8) is 0 Å². The molecule has 3 unspecified atom stereocenters. The van der Waals surface area contributed by atoms with Gasteiger partial charge >= 0.3 is 0 Å². The van der Waals surface area contributed by atoms with E-state index in [0.29, 0.717) is 36.9 Å². The lowest BCUT2D eigenvalue weighted by Gasteiger charge is -2.34. The smallest absolute Gasteiger partial charge is 0.224 e. The molecule has 0 spiro atoms. The number of nitrogens with zero attached hydrogens (tertiary/aromatic N) is 1. The molecule has 0 aromatic carbocycles. The van der Waals surface area contributed by atoms with Crippen LogP contribution in [0.15, 0.2) is 0 Å². The summed E-state index contributed by atoms with van der Waals surface area (Å²) in [5, 5.41) is 6.74. The molecule has 0 radical (unpaired) electrons. The Kier molecular flexibility index (Phi) is 4.79. The van der Waals surface area contributed by atoms with Crippen LogP contribution in [0.3, 0.4) is 0 Å². The first-order valence-electron chi connectivity index (χ1n) is 9.99. The monoisotopic (exact) mass is 333 g/mol. The van der Waals surface area contributed by atoms with Crippen LogP contribution in [0.1, 0.15) is 57.8 Å². The second-order valence-corrected chi connectivity index (χ2v) is 8.55. The van der Waals surface area contributed by atoms with E-state index in [0.717, 1.165) is 38.8 Å². The van der Waals surface area contributed by atoms with Crippen LogP contribution in [0.2, 0.25) is 0 Å². The lowest BCUT2D eigenvalue weighted by Crippen LogP contribution is -2.47. The zero-order valence-corrected chi connectivity index (χ0v) is 14.6. The molecular formula is C19H31N3O2. The van der Waals surface area contributed by atoms with E-state index in [1.165, 1.54) is 25.7 Å². The zero-order valence-electron chi connectivity index (χ0n) is 14.6. The minimum Gasteiger partial charge on any atom is -0.356 e. The summed E-state index contributed by atoms with van der Waals surface area (Å²) in [6.07, 6.45) is 9.96. The second-order valence-electron chi connectivity index (χ2n) is 8.55. The number of carbonyl (C=O) groups is 2. The standard InChI is InChI=1S/C19H31N3O2/c23-18(10-14-8-16-5-6-17(9-14)21-16)22-7-1-2-15(12-22)19(24)20-11-13-3-4-13/h13-17,21H,1-12H2,(H,20,24). The van der Waals surface area contributed by atoms with Gasteiger partial charge in [-0.15, -0.1) is 0 Å². The van der Waals surface area contributed by atoms with Gasteiger partial charge in [0.2, 0.25) is 11.8 Å². The molecule has 3 atom stereocenters. The Morgan fingerprint density at radius 3 is 2.46 bits per heavy atom. The van der Waals surface area contributed by atoms with Crippen molar-refractivity contribution < 1.29 is 9.59 Å². The number of fused-ring (bicyclic) bond motifs is 2. The van der Waals surface area contributed by atoms with Gasteiger partial charge in [0, 0.05) is 38.1 Å². The first-order chi connectivity index (χ1) is 11.7. The van der Waals surface area contributed by atoms with Crippen molar-refractivity contribution >= 4 is 11.8 Å². The Bertz CT molecular complexity index is 479. The summed E-state index contributed by atoms with van der Waals surface area (Å²) in [6, 6.07) is 1.28. The van der Waals surface area contributed by atoms with E-state index in [1.807, 2.05) is 4.90 Å². The molecular weight excluding hydrogens is 302 g/mol. The fourth-order valence-electron chi connectivity index (χ4n) is 4.85. The molecule has 2 bridgehead atoms. The number of carbonyl (C=O) groups excluding carboxylic acids is 2. The van der Waals surface area contributed by atoms with Crippen LogP contribution < -0.4 is 10.6 Å². The van der Waals surface area contributed by atoms with Gasteiger partial charge in [-0.05, 0) is 63.2 Å². The van der Waals surface area contributed by atoms with Crippen molar-refractivity contribution in [3.8, 4) is 0 Å². The van der Waals surface area contributed by atoms with Gasteiger partial charge in [-0.1, -0.05) is 0 Å². The van der Waals surface area contributed by atoms with E-state index in [1.54, 1.807) is 0 Å². The van der Waals surface area contributed by atoms with Gasteiger partial charge in [-0.25, -0.2) is 0 Å². The number of likely N-dealkylation sites (tertiary alicyclic amines) is 1. The molecule has 3 aliphatic heterocycles. The number of hydrogen-bond acceptors (Lipinski definition) is 3. The highest BCUT2D eigenvalue weighted by molar-refractivity contribution is 5.81. The largest absolute Gasteiger partial charge is 0.356 e. The van der Waals surface area contributed by atoms with Crippen molar-refractivity contribution in [2.75, 3.05) is 19.6 Å². The van der Waals surface area contributed by atoms with Crippen LogP contribution >= 0.6 is 0 Å². The first-order valence-corrected chi connectivity index (χ1v) is 9.99. The van der Waals surface area contributed by atoms with E-state index in [9.17, 15) is 9.59 Å². The number of amides is 2. The summed E-state index contributed by atoms with van der Waals surface area (Å²) in [5.41, 5.74) is 0. The number of piperidine rings is 2. The molecule has 0 aromatic rings. The van der Waals surface area contributed by atoms with E-state index in [2.05, 4.69) is 10.6 Å². The van der Waals surface area contributed by atoms with Crippen LogP contribution in [0, 0.1) is 17.8 Å². The molecule has 24 heavy (non-hydrogen) atoms. The normalized spacial score (nSPS) is 35.8. The minimum atomic E-state index is 0.00523. The molecule has 5 nitrogen and oxygen atoms in total. The Hall–Kier alpha value is -1.10. The fourth-order valence-corrected chi connectivity index (χ4v) is 4.85. The van der Waals surface area contributed by atoms with E-state index < -0.39 is 0 Å². The highest BCUT2D eigenvalue weighted by atomic mass is 16.2. The fraction of sp³-hybridized carbons (Fsp3) is 0.895. The Morgan fingerprint density at radius 2 is 1.75 bits per heavy atom. The zero-order chi connectivity index (χ0) is 16.5. The average Bonchev–Trinajstić information content (AvgIpc) is 3.36. The van der Waals surface area contributed by atoms with Crippen LogP contribution in [0.25, 0.3) is 0 Å². The minimum absolute atomic E-state index is 0.00523. The van der Waals surface area contributed by atoms with Gasteiger partial charge in [0.25, 0.3) is 0 Å². The van der Waals surface area contributed by atoms with Gasteiger partial charge in [-0.2, -0.15) is 0 Å². The van der Waals surface area contributed by atoms with E-state index in [4.69, 9.17) is 0 Å². The highest BCUT2D eigenvalue weighted by Crippen LogP contribution is 2.33. The maximum Gasteiger partial charge on any atom is 0.224 e. The SMILES string of the molecule is O=C(NCC1CC1)C1CCCN(C(=O)CC2CC3CCC(C2)N3)C1. The van der Waals surface area contributed by atoms with Crippen LogP contribution in [0.4, 0.5) is 0 Å². The third-order valence-corrected chi connectivity index (χ3v) is 6.44. The maximum atomic E-state index is 12.7. The molecule has 2 amide bonds. The third-order valence-electron chi connectivity index (χ3n) is 6.44. The van der Waals surface area contributed by atoms with Crippen LogP contribution in [-0.2, 0) is 9.59 Å². The predicted octanol–water partition coefficient (Wildman–Crippen LogP) is 1.67. The molecule has 4 aliphatic rings. The predicted molar refractivity (Wildman–Crippen MR) is 92.3 cm³/mol. The van der Waals surface area contributed by atoms with Crippen molar-refractivity contribution in [1.29, 1.82) is 0 Å². The van der Waals surface area contributed by atoms with Crippen LogP contribution in [-0.4, -0.2) is 48.4 Å². The second kappa shape index (κ2) is 7.03. The average molecular weight is 333 g/mol. The molecule has 2 N–H and O–H groups in total. The number of nitrogens with one attached hydrogen (secondary N) is 2. The molecule has 3 saturated heterocycles. The third kappa shape index (κ3) is 3.93. The van der Waals surface area contributed by atoms with Gasteiger partial charge < -0.3 is 15.5 Å². The molecule has 1 aliphatic carbocycles. The van der Waals surface area contributed by atoms with E-state index in [-0.39, 0.29) is 17.7 Å². The van der Waals surface area contributed by atoms with Crippen molar-refractivity contribution in [1.82, 2.24) is 15.5 Å². The molecule has 0 aromatic heterocycles. The van der Waals surface area contributed by atoms with Crippen molar-refractivity contribution in [3.05, 3.63) is 0 Å². The molecule has 4 fully saturated rings. The number of rotatable bonds is 5. The summed E-state index contributed by atoms with van der Waals surface area (Å²) in [6.45, 7) is 2.30. The van der Waals surface area contributed by atoms with Crippen molar-refractivity contribution in [2.45, 2.75) is 69.9 Å². The van der Waals surface area contributed by atoms with Gasteiger partial charge in [0.1, 0.15) is 0 Å². The highest BCUT2D eigenvalue weighted by Gasteiger charge is 2.36. The Labute approximate surface area is 144 Å². The van der Waals surface area contributed by atoms with Crippen molar-refractivity contribution in [2.24, 2.45) is 17.8 Å². The van der Waals surface area contributed by atoms with Gasteiger partial charge in [-0.3, -0.25) is 9.59 Å². The maximum absolute atomic E-state index is 12.7. The summed E-state index contributed by atoms with van der Waals surface area (Å²) in [4.78, 5) is 27.0. The molecule has 1 saturated carbocycles. The lowest BCUT2D eigenvalue weighted by atomic mass is 9.88. The Morgan fingerprint density at radius 1 is 1.00 bits per heavy atom. The number of hydrogen-bond donors (Lipinski definition) is 2. The van der Waals surface area contributed by atoms with Gasteiger partial charge in [0.15, 0.2) is 0 Å². The molecule has 134 valence electrons. The summed E-state index contributed by atoms with van der Waals surface area (Å²) >= 11 is 0. The van der Waals surface area contributed by atoms with Crippen LogP contribution in [0.5, 0.6) is 0 Å². The summed E-state index contributed by atoms with van der Waals surface area (Å²) in [7, 11) is 0. The lowest BCUT2D eigenvalue weighted by molar-refractivity contribution is -0.136. The van der Waals surface area contributed by atoms with E-state index >= 15 is 0 Å². The first kappa shape index (κ1) is 16.4. The molecule has 5 heteroatoms. The Balaban J connectivity index is 1.25. The molecule has 4 rings (SSSR count). The summed E-state index contributed by atoms with van der Waals surface area (Å²) in [5.74, 6) is 1.71. The molecule has 3 heterocycles. The quantitative estimate of drug-likeness (QED) is 0.804.